The van der Waals surface area contributed by atoms with E-state index in [1.807, 2.05) is 37.3 Å². The van der Waals surface area contributed by atoms with Crippen LogP contribution in [0, 0.1) is 17.0 Å². The molecule has 0 spiro atoms. The molecule has 1 N–H and O–H groups in total. The van der Waals surface area contributed by atoms with Crippen LogP contribution < -0.4 is 10.1 Å². The highest BCUT2D eigenvalue weighted by Crippen LogP contribution is 2.28. The predicted octanol–water partition coefficient (Wildman–Crippen LogP) is 4.88. The Balaban J connectivity index is 1.51. The fourth-order valence-corrected chi connectivity index (χ4v) is 4.02. The van der Waals surface area contributed by atoms with E-state index in [1.54, 1.807) is 24.3 Å². The van der Waals surface area contributed by atoms with Gasteiger partial charge in [0.1, 0.15) is 5.75 Å². The number of nitrogens with zero attached hydrogens (tertiary/aromatic N) is 2. The number of carbonyl (C=O) groups excluding carboxylic acids is 1. The van der Waals surface area contributed by atoms with Crippen LogP contribution in [0.15, 0.2) is 66.4 Å². The molecule has 0 saturated carbocycles. The largest absolute Gasteiger partial charge is 0.464 e. The molecule has 2 aromatic carbocycles. The van der Waals surface area contributed by atoms with Gasteiger partial charge in [-0.3, -0.25) is 20.2 Å². The quantitative estimate of drug-likeness (QED) is 0.470. The van der Waals surface area contributed by atoms with Gasteiger partial charge < -0.3 is 4.74 Å². The Kier molecular flexibility index (Phi) is 5.40. The van der Waals surface area contributed by atoms with Gasteiger partial charge in [-0.25, -0.2) is 4.98 Å². The SMILES string of the molecule is Cc1nc(NC(=O)C2=Cc3ccccc3OC=C2)sc1Cc1cccc([N+](=O)[O-])c1. The summed E-state index contributed by atoms with van der Waals surface area (Å²) < 4.78 is 5.52. The Morgan fingerprint density at radius 1 is 1.23 bits per heavy atom. The zero-order chi connectivity index (χ0) is 21.1. The number of hydrogen-bond acceptors (Lipinski definition) is 6. The first-order valence-corrected chi connectivity index (χ1v) is 9.96. The van der Waals surface area contributed by atoms with E-state index in [0.29, 0.717) is 22.9 Å². The standard InChI is InChI=1S/C22H17N3O4S/c1-14-20(12-15-5-4-7-18(11-15)25(27)28)30-22(23-14)24-21(26)17-9-10-29-19-8-3-2-6-16(19)13-17/h2-11,13H,12H2,1H3,(H,23,24,26). The smallest absolute Gasteiger partial charge is 0.269 e. The highest BCUT2D eigenvalue weighted by atomic mass is 32.1. The summed E-state index contributed by atoms with van der Waals surface area (Å²) in [6.07, 6.45) is 5.36. The van der Waals surface area contributed by atoms with Gasteiger partial charge in [-0.05, 0) is 30.7 Å². The van der Waals surface area contributed by atoms with Crippen LogP contribution in [-0.4, -0.2) is 15.8 Å². The molecule has 3 aromatic rings. The van der Waals surface area contributed by atoms with E-state index < -0.39 is 4.92 Å². The fourth-order valence-electron chi connectivity index (χ4n) is 3.02. The van der Waals surface area contributed by atoms with Crippen molar-refractivity contribution in [3.63, 3.8) is 0 Å². The number of fused-ring (bicyclic) bond motifs is 1. The highest BCUT2D eigenvalue weighted by Gasteiger charge is 2.16. The number of thiazole rings is 1. The summed E-state index contributed by atoms with van der Waals surface area (Å²) in [5, 5.41) is 14.3. The summed E-state index contributed by atoms with van der Waals surface area (Å²) in [6, 6.07) is 14.0. The molecule has 0 aliphatic carbocycles. The predicted molar refractivity (Wildman–Crippen MR) is 116 cm³/mol. The van der Waals surface area contributed by atoms with Crippen LogP contribution in [0.5, 0.6) is 5.75 Å². The van der Waals surface area contributed by atoms with E-state index in [0.717, 1.165) is 21.7 Å². The van der Waals surface area contributed by atoms with Crippen molar-refractivity contribution in [1.82, 2.24) is 4.98 Å². The number of nitro groups is 1. The molecule has 1 aromatic heterocycles. The molecule has 0 atom stereocenters. The molecular weight excluding hydrogens is 402 g/mol. The molecule has 1 aliphatic rings. The van der Waals surface area contributed by atoms with Gasteiger partial charge >= 0.3 is 0 Å². The number of non-ortho nitro benzene ring substituents is 1. The Labute approximate surface area is 176 Å². The summed E-state index contributed by atoms with van der Waals surface area (Å²) >= 11 is 1.36. The molecule has 150 valence electrons. The summed E-state index contributed by atoms with van der Waals surface area (Å²) in [5.74, 6) is 0.392. The third-order valence-electron chi connectivity index (χ3n) is 4.53. The van der Waals surface area contributed by atoms with Gasteiger partial charge in [0.25, 0.3) is 11.6 Å². The van der Waals surface area contributed by atoms with Crippen molar-refractivity contribution in [1.29, 1.82) is 0 Å². The van der Waals surface area contributed by atoms with Crippen molar-refractivity contribution >= 4 is 34.1 Å². The number of hydrogen-bond donors (Lipinski definition) is 1. The monoisotopic (exact) mass is 419 g/mol. The molecule has 0 fully saturated rings. The van der Waals surface area contributed by atoms with E-state index >= 15 is 0 Å². The second-order valence-corrected chi connectivity index (χ2v) is 7.73. The third kappa shape index (κ3) is 4.28. The van der Waals surface area contributed by atoms with Crippen molar-refractivity contribution < 1.29 is 14.5 Å². The van der Waals surface area contributed by atoms with Crippen LogP contribution in [0.2, 0.25) is 0 Å². The minimum Gasteiger partial charge on any atom is -0.464 e. The Hall–Kier alpha value is -3.78. The fraction of sp³-hybridized carbons (Fsp3) is 0.0909. The van der Waals surface area contributed by atoms with E-state index in [4.69, 9.17) is 4.74 Å². The third-order valence-corrected chi connectivity index (χ3v) is 5.61. The summed E-state index contributed by atoms with van der Waals surface area (Å²) in [4.78, 5) is 28.7. The van der Waals surface area contributed by atoms with Gasteiger partial charge in [0.05, 0.1) is 16.9 Å². The van der Waals surface area contributed by atoms with Gasteiger partial charge in [-0.15, -0.1) is 11.3 Å². The molecule has 1 aliphatic heterocycles. The van der Waals surface area contributed by atoms with Crippen LogP contribution in [-0.2, 0) is 11.2 Å². The zero-order valence-corrected chi connectivity index (χ0v) is 16.8. The van der Waals surface area contributed by atoms with E-state index in [2.05, 4.69) is 10.3 Å². The lowest BCUT2D eigenvalue weighted by molar-refractivity contribution is -0.384. The number of carbonyl (C=O) groups is 1. The highest BCUT2D eigenvalue weighted by molar-refractivity contribution is 7.15. The summed E-state index contributed by atoms with van der Waals surface area (Å²) in [5.41, 5.74) is 2.91. The minimum absolute atomic E-state index is 0.0535. The molecular formula is C22H17N3O4S. The topological polar surface area (TPSA) is 94.4 Å². The van der Waals surface area contributed by atoms with Gasteiger partial charge in [0, 0.05) is 34.6 Å². The van der Waals surface area contributed by atoms with Crippen molar-refractivity contribution in [2.45, 2.75) is 13.3 Å². The second-order valence-electron chi connectivity index (χ2n) is 6.64. The molecule has 0 radical (unpaired) electrons. The number of aryl methyl sites for hydroxylation is 1. The van der Waals surface area contributed by atoms with Crippen LogP contribution in [0.4, 0.5) is 10.8 Å². The van der Waals surface area contributed by atoms with Crippen molar-refractivity contribution in [3.05, 3.63) is 98.3 Å². The number of amides is 1. The Bertz CT molecular complexity index is 1200. The number of anilines is 1. The number of nitrogens with one attached hydrogen (secondary N) is 1. The zero-order valence-electron chi connectivity index (χ0n) is 16.0. The van der Waals surface area contributed by atoms with Gasteiger partial charge in [0.15, 0.2) is 5.13 Å². The number of benzene rings is 2. The number of aromatic nitrogens is 1. The first-order chi connectivity index (χ1) is 14.5. The number of rotatable bonds is 5. The minimum atomic E-state index is -0.412. The van der Waals surface area contributed by atoms with Crippen LogP contribution in [0.25, 0.3) is 6.08 Å². The second kappa shape index (κ2) is 8.30. The van der Waals surface area contributed by atoms with Crippen LogP contribution in [0.1, 0.15) is 21.7 Å². The van der Waals surface area contributed by atoms with E-state index in [1.165, 1.54) is 23.7 Å². The van der Waals surface area contributed by atoms with Gasteiger partial charge in [-0.2, -0.15) is 0 Å². The molecule has 30 heavy (non-hydrogen) atoms. The molecule has 8 heteroatoms. The number of para-hydroxylation sites is 1. The van der Waals surface area contributed by atoms with Gasteiger partial charge in [0.2, 0.25) is 0 Å². The molecule has 1 amide bonds. The Morgan fingerprint density at radius 3 is 2.90 bits per heavy atom. The maximum absolute atomic E-state index is 12.7. The average molecular weight is 419 g/mol. The summed E-state index contributed by atoms with van der Waals surface area (Å²) in [7, 11) is 0. The maximum atomic E-state index is 12.7. The van der Waals surface area contributed by atoms with Crippen LogP contribution >= 0.6 is 11.3 Å². The molecule has 0 saturated heterocycles. The first kappa shape index (κ1) is 19.5. The average Bonchev–Trinajstić information content (AvgIpc) is 2.94. The van der Waals surface area contributed by atoms with E-state index in [9.17, 15) is 14.9 Å². The number of ether oxygens (including phenoxy) is 1. The molecule has 0 unspecified atom stereocenters. The van der Waals surface area contributed by atoms with Crippen molar-refractivity contribution in [2.75, 3.05) is 5.32 Å². The van der Waals surface area contributed by atoms with Gasteiger partial charge in [-0.1, -0.05) is 30.3 Å². The molecule has 0 bridgehead atoms. The normalized spacial score (nSPS) is 12.4. The lowest BCUT2D eigenvalue weighted by Gasteiger charge is -2.03. The van der Waals surface area contributed by atoms with Crippen LogP contribution in [0.3, 0.4) is 0 Å². The molecule has 7 nitrogen and oxygen atoms in total. The lowest BCUT2D eigenvalue weighted by Crippen LogP contribution is -2.12. The molecule has 2 heterocycles. The Morgan fingerprint density at radius 2 is 2.07 bits per heavy atom. The maximum Gasteiger partial charge on any atom is 0.269 e. The lowest BCUT2D eigenvalue weighted by atomic mass is 10.1. The van der Waals surface area contributed by atoms with Crippen molar-refractivity contribution in [2.24, 2.45) is 0 Å². The molecule has 4 rings (SSSR count). The van der Waals surface area contributed by atoms with Crippen molar-refractivity contribution in [3.8, 4) is 5.75 Å². The number of nitro benzene ring substituents is 1. The van der Waals surface area contributed by atoms with E-state index in [-0.39, 0.29) is 11.6 Å². The summed E-state index contributed by atoms with van der Waals surface area (Å²) in [6.45, 7) is 1.85. The first-order valence-electron chi connectivity index (χ1n) is 9.14.